The molecule has 0 radical (unpaired) electrons. The van der Waals surface area contributed by atoms with Gasteiger partial charge in [-0.2, -0.15) is 4.98 Å². The maximum atomic E-state index is 13.0. The summed E-state index contributed by atoms with van der Waals surface area (Å²) in [6, 6.07) is 7.67. The number of hydrogen-bond acceptors (Lipinski definition) is 6. The zero-order valence-corrected chi connectivity index (χ0v) is 18.5. The molecule has 2 fully saturated rings. The molecular formula is C21H28ClN5OS. The average molecular weight is 434 g/mol. The maximum Gasteiger partial charge on any atom is 0.270 e. The highest BCUT2D eigenvalue weighted by Gasteiger charge is 2.46. The van der Waals surface area contributed by atoms with E-state index < -0.39 is 0 Å². The van der Waals surface area contributed by atoms with E-state index in [1.54, 1.807) is 17.7 Å². The van der Waals surface area contributed by atoms with Crippen molar-refractivity contribution in [1.82, 2.24) is 9.55 Å². The monoisotopic (exact) mass is 433 g/mol. The van der Waals surface area contributed by atoms with Crippen molar-refractivity contribution in [2.75, 3.05) is 23.7 Å². The normalized spacial score (nSPS) is 23.7. The van der Waals surface area contributed by atoms with Gasteiger partial charge in [0.2, 0.25) is 5.95 Å². The number of nitrogens with two attached hydrogens (primary N) is 2. The molecule has 1 saturated heterocycles. The minimum absolute atomic E-state index is 0.149. The number of nitrogen functional groups attached to an aromatic ring is 1. The van der Waals surface area contributed by atoms with Gasteiger partial charge < -0.3 is 16.4 Å². The fraction of sp³-hybridized carbons (Fsp3) is 0.524. The Hall–Kier alpha value is -1.70. The lowest BCUT2D eigenvalue weighted by Crippen LogP contribution is -2.49. The van der Waals surface area contributed by atoms with Crippen LogP contribution in [0, 0.1) is 11.3 Å². The molecule has 1 aromatic heterocycles. The summed E-state index contributed by atoms with van der Waals surface area (Å²) in [6.07, 6.45) is 4.47. The van der Waals surface area contributed by atoms with Gasteiger partial charge in [0.05, 0.1) is 5.02 Å². The summed E-state index contributed by atoms with van der Waals surface area (Å²) in [7, 11) is 1.76. The van der Waals surface area contributed by atoms with Crippen LogP contribution in [-0.4, -0.2) is 28.7 Å². The number of benzene rings is 1. The lowest BCUT2D eigenvalue weighted by atomic mass is 9.73. The van der Waals surface area contributed by atoms with Crippen LogP contribution in [0.3, 0.4) is 0 Å². The molecule has 1 spiro atoms. The van der Waals surface area contributed by atoms with Gasteiger partial charge in [0.1, 0.15) is 10.7 Å². The second-order valence-electron chi connectivity index (χ2n) is 8.41. The fourth-order valence-electron chi connectivity index (χ4n) is 4.80. The van der Waals surface area contributed by atoms with Gasteiger partial charge in [-0.25, -0.2) is 0 Å². The molecule has 0 amide bonds. The standard InChI is InChI=1S/C21H28ClN5OS/c1-13-7-8-21(17(13)23)9-11-27(12-10-21)20-25-18(24)16(19(28)26(20)2)29-15-6-4-3-5-14(15)22/h3-6,13,17H,7-12,23-24H2,1-2H3/t13-,17-/m1/s1. The predicted molar refractivity (Wildman–Crippen MR) is 120 cm³/mol. The molecule has 1 aliphatic carbocycles. The van der Waals surface area contributed by atoms with Gasteiger partial charge in [-0.05, 0) is 49.1 Å². The number of aromatic nitrogens is 2. The summed E-state index contributed by atoms with van der Waals surface area (Å²) in [6.45, 7) is 3.95. The molecule has 29 heavy (non-hydrogen) atoms. The van der Waals surface area contributed by atoms with E-state index in [2.05, 4.69) is 16.8 Å². The molecule has 1 aromatic carbocycles. The van der Waals surface area contributed by atoms with Crippen LogP contribution >= 0.6 is 23.4 Å². The number of piperidine rings is 1. The third-order valence-electron chi connectivity index (χ3n) is 6.76. The molecule has 1 aliphatic heterocycles. The maximum absolute atomic E-state index is 13.0. The van der Waals surface area contributed by atoms with E-state index in [4.69, 9.17) is 23.1 Å². The Bertz CT molecular complexity index is 970. The van der Waals surface area contributed by atoms with Gasteiger partial charge in [0.15, 0.2) is 0 Å². The predicted octanol–water partition coefficient (Wildman–Crippen LogP) is 3.51. The summed E-state index contributed by atoms with van der Waals surface area (Å²) >= 11 is 7.51. The first-order valence-corrected chi connectivity index (χ1v) is 11.3. The molecule has 2 aliphatic rings. The number of nitrogens with zero attached hydrogens (tertiary/aromatic N) is 3. The van der Waals surface area contributed by atoms with E-state index in [-0.39, 0.29) is 22.8 Å². The summed E-state index contributed by atoms with van der Waals surface area (Å²) < 4.78 is 1.60. The first-order valence-electron chi connectivity index (χ1n) is 10.1. The van der Waals surface area contributed by atoms with Crippen LogP contribution in [0.15, 0.2) is 38.9 Å². The fourth-order valence-corrected chi connectivity index (χ4v) is 5.96. The smallest absolute Gasteiger partial charge is 0.270 e. The first-order chi connectivity index (χ1) is 13.8. The Kier molecular flexibility index (Phi) is 5.57. The van der Waals surface area contributed by atoms with Crippen LogP contribution in [0.5, 0.6) is 0 Å². The van der Waals surface area contributed by atoms with E-state index in [1.807, 2.05) is 18.2 Å². The van der Waals surface area contributed by atoms with Crippen LogP contribution < -0.4 is 21.9 Å². The number of hydrogen-bond donors (Lipinski definition) is 2. The van der Waals surface area contributed by atoms with Gasteiger partial charge in [-0.15, -0.1) is 0 Å². The van der Waals surface area contributed by atoms with Crippen LogP contribution in [0.1, 0.15) is 32.6 Å². The van der Waals surface area contributed by atoms with Crippen molar-refractivity contribution >= 4 is 35.1 Å². The van der Waals surface area contributed by atoms with Crippen molar-refractivity contribution in [3.63, 3.8) is 0 Å². The summed E-state index contributed by atoms with van der Waals surface area (Å²) in [5, 5.41) is 0.589. The molecule has 2 heterocycles. The zero-order chi connectivity index (χ0) is 20.8. The van der Waals surface area contributed by atoms with Crippen LogP contribution in [0.25, 0.3) is 0 Å². The van der Waals surface area contributed by atoms with Crippen molar-refractivity contribution in [2.24, 2.45) is 24.1 Å². The molecule has 6 nitrogen and oxygen atoms in total. The summed E-state index contributed by atoms with van der Waals surface area (Å²) in [5.74, 6) is 1.46. The van der Waals surface area contributed by atoms with Crippen LogP contribution in [-0.2, 0) is 7.05 Å². The highest BCUT2D eigenvalue weighted by atomic mass is 35.5. The van der Waals surface area contributed by atoms with Gasteiger partial charge in [-0.3, -0.25) is 9.36 Å². The molecule has 4 rings (SSSR count). The molecular weight excluding hydrogens is 406 g/mol. The molecule has 2 atom stereocenters. The van der Waals surface area contributed by atoms with Crippen LogP contribution in [0.4, 0.5) is 11.8 Å². The van der Waals surface area contributed by atoms with Gasteiger partial charge >= 0.3 is 0 Å². The highest BCUT2D eigenvalue weighted by molar-refractivity contribution is 7.99. The number of rotatable bonds is 3. The van der Waals surface area contributed by atoms with Crippen molar-refractivity contribution in [1.29, 1.82) is 0 Å². The third-order valence-corrected chi connectivity index (χ3v) is 8.37. The second kappa shape index (κ2) is 7.85. The molecule has 156 valence electrons. The molecule has 2 aromatic rings. The Balaban J connectivity index is 1.57. The average Bonchev–Trinajstić information content (AvgIpc) is 2.99. The van der Waals surface area contributed by atoms with E-state index in [1.165, 1.54) is 24.6 Å². The van der Waals surface area contributed by atoms with Gasteiger partial charge in [0.25, 0.3) is 5.56 Å². The van der Waals surface area contributed by atoms with E-state index in [0.29, 0.717) is 21.8 Å². The van der Waals surface area contributed by atoms with Crippen LogP contribution in [0.2, 0.25) is 5.02 Å². The zero-order valence-electron chi connectivity index (χ0n) is 16.9. The summed E-state index contributed by atoms with van der Waals surface area (Å²) in [4.78, 5) is 21.0. The topological polar surface area (TPSA) is 90.2 Å². The molecule has 8 heteroatoms. The van der Waals surface area contributed by atoms with E-state index in [9.17, 15) is 4.79 Å². The highest BCUT2D eigenvalue weighted by Crippen LogP contribution is 2.48. The molecule has 0 bridgehead atoms. The minimum atomic E-state index is -0.149. The van der Waals surface area contributed by atoms with E-state index >= 15 is 0 Å². The Morgan fingerprint density at radius 2 is 1.93 bits per heavy atom. The second-order valence-corrected chi connectivity index (χ2v) is 9.87. The van der Waals surface area contributed by atoms with E-state index in [0.717, 1.165) is 30.8 Å². The number of halogens is 1. The van der Waals surface area contributed by atoms with Crippen molar-refractivity contribution in [2.45, 2.75) is 48.4 Å². The molecule has 1 saturated carbocycles. The lowest BCUT2D eigenvalue weighted by Gasteiger charge is -2.43. The van der Waals surface area contributed by atoms with Crippen molar-refractivity contribution in [3.8, 4) is 0 Å². The van der Waals surface area contributed by atoms with Gasteiger partial charge in [0, 0.05) is 31.1 Å². The Labute approximate surface area is 180 Å². The lowest BCUT2D eigenvalue weighted by molar-refractivity contribution is 0.185. The molecule has 0 unspecified atom stereocenters. The Morgan fingerprint density at radius 1 is 1.24 bits per heavy atom. The third kappa shape index (κ3) is 3.64. The number of anilines is 2. The SMILES string of the molecule is C[C@@H]1CCC2(CCN(c3nc(N)c(Sc4ccccc4Cl)c(=O)n3C)CC2)[C@@H]1N. The van der Waals surface area contributed by atoms with Crippen molar-refractivity contribution in [3.05, 3.63) is 39.6 Å². The quantitative estimate of drug-likeness (QED) is 0.769. The minimum Gasteiger partial charge on any atom is -0.382 e. The first kappa shape index (κ1) is 20.6. The Morgan fingerprint density at radius 3 is 2.55 bits per heavy atom. The largest absolute Gasteiger partial charge is 0.382 e. The van der Waals surface area contributed by atoms with Crippen molar-refractivity contribution < 1.29 is 0 Å². The van der Waals surface area contributed by atoms with Gasteiger partial charge in [-0.1, -0.05) is 42.4 Å². The molecule has 4 N–H and O–H groups in total. The summed E-state index contributed by atoms with van der Waals surface area (Å²) in [5.41, 5.74) is 12.8.